The van der Waals surface area contributed by atoms with Crippen molar-refractivity contribution in [1.82, 2.24) is 20.3 Å². The van der Waals surface area contributed by atoms with E-state index in [0.29, 0.717) is 22.6 Å². The third-order valence-electron chi connectivity index (χ3n) is 4.11. The van der Waals surface area contributed by atoms with E-state index in [1.165, 1.54) is 18.6 Å². The second-order valence-corrected chi connectivity index (χ2v) is 6.69. The molecule has 1 aromatic carbocycles. The van der Waals surface area contributed by atoms with Gasteiger partial charge in [-0.05, 0) is 37.3 Å². The van der Waals surface area contributed by atoms with E-state index in [2.05, 4.69) is 20.3 Å². The molecule has 0 spiro atoms. The fourth-order valence-electron chi connectivity index (χ4n) is 2.70. The Hall–Kier alpha value is -3.51. The fraction of sp³-hybridized carbons (Fsp3) is 0.150. The molecule has 3 aromatic rings. The van der Waals surface area contributed by atoms with Crippen LogP contribution in [0.1, 0.15) is 40.1 Å². The van der Waals surface area contributed by atoms with E-state index in [9.17, 15) is 18.0 Å². The summed E-state index contributed by atoms with van der Waals surface area (Å²) in [7, 11) is 0. The van der Waals surface area contributed by atoms with Gasteiger partial charge in [-0.1, -0.05) is 11.6 Å². The molecule has 1 unspecified atom stereocenters. The van der Waals surface area contributed by atoms with Crippen molar-refractivity contribution in [3.8, 4) is 17.5 Å². The molecule has 0 aliphatic heterocycles. The Labute approximate surface area is 174 Å². The molecule has 0 aliphatic carbocycles. The van der Waals surface area contributed by atoms with E-state index < -0.39 is 23.7 Å². The number of carbonyl (C=O) groups is 1. The van der Waals surface area contributed by atoms with Crippen LogP contribution in [0.4, 0.5) is 13.2 Å². The minimum Gasteiger partial charge on any atom is -0.344 e. The standard InChI is InChI=1S/C20H13ClF3N5O/c1-11(29-19(30)13-6-14(20(22,23)24)8-15(21)7-13)17-18(27-5-4-26-17)16-3-2-12(9-25)10-28-16/h2-8,10-11H,1H3,(H,29,30). The van der Waals surface area contributed by atoms with E-state index in [4.69, 9.17) is 16.9 Å². The first-order valence-corrected chi connectivity index (χ1v) is 8.93. The summed E-state index contributed by atoms with van der Waals surface area (Å²) in [4.78, 5) is 25.2. The van der Waals surface area contributed by atoms with Crippen molar-refractivity contribution in [2.24, 2.45) is 0 Å². The zero-order chi connectivity index (χ0) is 21.9. The quantitative estimate of drug-likeness (QED) is 0.653. The van der Waals surface area contributed by atoms with Crippen LogP contribution in [0.15, 0.2) is 48.9 Å². The average molecular weight is 432 g/mol. The Morgan fingerprint density at radius 2 is 1.90 bits per heavy atom. The van der Waals surface area contributed by atoms with Gasteiger partial charge in [-0.15, -0.1) is 0 Å². The first-order chi connectivity index (χ1) is 14.2. The van der Waals surface area contributed by atoms with Crippen LogP contribution in [0.5, 0.6) is 0 Å². The number of hydrogen-bond donors (Lipinski definition) is 1. The van der Waals surface area contributed by atoms with E-state index in [0.717, 1.165) is 18.2 Å². The number of rotatable bonds is 4. The Morgan fingerprint density at radius 1 is 1.17 bits per heavy atom. The van der Waals surface area contributed by atoms with E-state index in [-0.39, 0.29) is 10.6 Å². The Bertz CT molecular complexity index is 1130. The number of nitrogens with one attached hydrogen (secondary N) is 1. The van der Waals surface area contributed by atoms with E-state index in [1.54, 1.807) is 19.1 Å². The lowest BCUT2D eigenvalue weighted by Crippen LogP contribution is -2.28. The van der Waals surface area contributed by atoms with Crippen molar-refractivity contribution in [3.63, 3.8) is 0 Å². The number of benzene rings is 1. The summed E-state index contributed by atoms with van der Waals surface area (Å²) in [5, 5.41) is 11.3. The summed E-state index contributed by atoms with van der Waals surface area (Å²) in [6, 6.07) is 7.04. The molecule has 0 aliphatic rings. The number of alkyl halides is 3. The van der Waals surface area contributed by atoms with Crippen LogP contribution in [-0.2, 0) is 6.18 Å². The summed E-state index contributed by atoms with van der Waals surface area (Å²) in [5.41, 5.74) is 0.281. The third-order valence-corrected chi connectivity index (χ3v) is 4.33. The molecule has 0 saturated heterocycles. The van der Waals surface area contributed by atoms with Crippen LogP contribution >= 0.6 is 11.6 Å². The highest BCUT2D eigenvalue weighted by atomic mass is 35.5. The molecule has 2 aromatic heterocycles. The Balaban J connectivity index is 1.88. The van der Waals surface area contributed by atoms with Gasteiger partial charge < -0.3 is 5.32 Å². The maximum atomic E-state index is 13.0. The normalized spacial score (nSPS) is 12.1. The van der Waals surface area contributed by atoms with Crippen LogP contribution in [-0.4, -0.2) is 20.9 Å². The maximum Gasteiger partial charge on any atom is 0.416 e. The summed E-state index contributed by atoms with van der Waals surface area (Å²) in [6.45, 7) is 1.62. The fourth-order valence-corrected chi connectivity index (χ4v) is 2.93. The second kappa shape index (κ2) is 8.47. The Morgan fingerprint density at radius 3 is 2.53 bits per heavy atom. The monoisotopic (exact) mass is 431 g/mol. The highest BCUT2D eigenvalue weighted by Crippen LogP contribution is 2.32. The van der Waals surface area contributed by atoms with Gasteiger partial charge in [0, 0.05) is 29.2 Å². The van der Waals surface area contributed by atoms with Gasteiger partial charge in [0.05, 0.1) is 28.6 Å². The number of amides is 1. The molecule has 3 rings (SSSR count). The third kappa shape index (κ3) is 4.72. The summed E-state index contributed by atoms with van der Waals surface area (Å²) in [6.07, 6.45) is -0.390. The van der Waals surface area contributed by atoms with Gasteiger partial charge in [0.2, 0.25) is 0 Å². The number of aromatic nitrogens is 3. The lowest BCUT2D eigenvalue weighted by Gasteiger charge is -2.17. The van der Waals surface area contributed by atoms with Gasteiger partial charge in [0.15, 0.2) is 0 Å². The predicted molar refractivity (Wildman–Crippen MR) is 102 cm³/mol. The number of hydrogen-bond acceptors (Lipinski definition) is 5. The van der Waals surface area contributed by atoms with Crippen LogP contribution < -0.4 is 5.32 Å². The van der Waals surface area contributed by atoms with Crippen molar-refractivity contribution >= 4 is 17.5 Å². The van der Waals surface area contributed by atoms with Crippen LogP contribution in [0, 0.1) is 11.3 Å². The molecule has 0 saturated carbocycles. The topological polar surface area (TPSA) is 91.6 Å². The number of nitrogens with zero attached hydrogens (tertiary/aromatic N) is 4. The first-order valence-electron chi connectivity index (χ1n) is 8.55. The minimum absolute atomic E-state index is 0.204. The summed E-state index contributed by atoms with van der Waals surface area (Å²) >= 11 is 5.75. The van der Waals surface area contributed by atoms with Gasteiger partial charge in [0.1, 0.15) is 11.8 Å². The number of nitriles is 1. The summed E-state index contributed by atoms with van der Waals surface area (Å²) in [5.74, 6) is -0.750. The van der Waals surface area contributed by atoms with Crippen molar-refractivity contribution in [1.29, 1.82) is 5.26 Å². The first kappa shape index (κ1) is 21.2. The molecule has 1 atom stereocenters. The lowest BCUT2D eigenvalue weighted by atomic mass is 10.1. The molecule has 10 heteroatoms. The van der Waals surface area contributed by atoms with Gasteiger partial charge in [-0.25, -0.2) is 0 Å². The van der Waals surface area contributed by atoms with Gasteiger partial charge >= 0.3 is 6.18 Å². The molecule has 0 radical (unpaired) electrons. The molecule has 6 nitrogen and oxygen atoms in total. The van der Waals surface area contributed by atoms with Gasteiger partial charge in [-0.2, -0.15) is 18.4 Å². The van der Waals surface area contributed by atoms with Gasteiger partial charge in [0.25, 0.3) is 5.91 Å². The SMILES string of the molecule is CC(NC(=O)c1cc(Cl)cc(C(F)(F)F)c1)c1nccnc1-c1ccc(C#N)cn1. The highest BCUT2D eigenvalue weighted by molar-refractivity contribution is 6.31. The smallest absolute Gasteiger partial charge is 0.344 e. The van der Waals surface area contributed by atoms with Crippen molar-refractivity contribution in [3.05, 3.63) is 76.3 Å². The average Bonchev–Trinajstić information content (AvgIpc) is 2.72. The van der Waals surface area contributed by atoms with Crippen molar-refractivity contribution in [2.45, 2.75) is 19.1 Å². The number of halogens is 4. The van der Waals surface area contributed by atoms with Gasteiger partial charge in [-0.3, -0.25) is 19.7 Å². The predicted octanol–water partition coefficient (Wildman–Crippen LogP) is 4.57. The van der Waals surface area contributed by atoms with E-state index in [1.807, 2.05) is 6.07 Å². The lowest BCUT2D eigenvalue weighted by molar-refractivity contribution is -0.137. The highest BCUT2D eigenvalue weighted by Gasteiger charge is 2.32. The minimum atomic E-state index is -4.63. The molecule has 1 N–H and O–H groups in total. The van der Waals surface area contributed by atoms with Crippen LogP contribution in [0.2, 0.25) is 5.02 Å². The number of carbonyl (C=O) groups excluding carboxylic acids is 1. The molecular weight excluding hydrogens is 419 g/mol. The molecule has 152 valence electrons. The molecule has 2 heterocycles. The van der Waals surface area contributed by atoms with E-state index >= 15 is 0 Å². The zero-order valence-corrected chi connectivity index (χ0v) is 16.2. The molecular formula is C20H13ClF3N5O. The summed E-state index contributed by atoms with van der Waals surface area (Å²) < 4.78 is 39.0. The van der Waals surface area contributed by atoms with Crippen molar-refractivity contribution < 1.29 is 18.0 Å². The second-order valence-electron chi connectivity index (χ2n) is 6.26. The molecule has 0 fully saturated rings. The van der Waals surface area contributed by atoms with Crippen molar-refractivity contribution in [2.75, 3.05) is 0 Å². The Kier molecular flexibility index (Phi) is 5.99. The number of pyridine rings is 1. The zero-order valence-electron chi connectivity index (χ0n) is 15.4. The molecule has 30 heavy (non-hydrogen) atoms. The van der Waals surface area contributed by atoms with Crippen LogP contribution in [0.25, 0.3) is 11.4 Å². The largest absolute Gasteiger partial charge is 0.416 e. The van der Waals surface area contributed by atoms with Crippen LogP contribution in [0.3, 0.4) is 0 Å². The maximum absolute atomic E-state index is 13.0. The molecule has 1 amide bonds. The molecule has 0 bridgehead atoms.